The van der Waals surface area contributed by atoms with Gasteiger partial charge in [0.05, 0.1) is 19.7 Å². The van der Waals surface area contributed by atoms with E-state index in [1.54, 1.807) is 12.1 Å². The number of morpholine rings is 1. The lowest BCUT2D eigenvalue weighted by atomic mass is 10.1. The molecule has 0 bridgehead atoms. The Kier molecular flexibility index (Phi) is 6.94. The van der Waals surface area contributed by atoms with E-state index in [0.29, 0.717) is 51.4 Å². The minimum atomic E-state index is -0.284. The lowest BCUT2D eigenvalue weighted by Crippen LogP contribution is -2.47. The summed E-state index contributed by atoms with van der Waals surface area (Å²) in [5.41, 5.74) is 1.58. The van der Waals surface area contributed by atoms with Crippen molar-refractivity contribution in [2.45, 2.75) is 12.5 Å². The fraction of sp³-hybridized carbons (Fsp3) is 0.417. The molecule has 1 unspecified atom stereocenters. The molecule has 6 nitrogen and oxygen atoms in total. The van der Waals surface area contributed by atoms with E-state index in [-0.39, 0.29) is 23.7 Å². The summed E-state index contributed by atoms with van der Waals surface area (Å²) in [6.45, 7) is 4.60. The molecule has 2 heterocycles. The van der Waals surface area contributed by atoms with Crippen LogP contribution >= 0.6 is 0 Å². The number of nitrogens with zero attached hydrogens (tertiary/aromatic N) is 3. The summed E-state index contributed by atoms with van der Waals surface area (Å²) in [5, 5.41) is 0. The second kappa shape index (κ2) is 10.0. The van der Waals surface area contributed by atoms with Gasteiger partial charge in [0.15, 0.2) is 0 Å². The van der Waals surface area contributed by atoms with Crippen molar-refractivity contribution in [2.75, 3.05) is 52.4 Å². The van der Waals surface area contributed by atoms with Gasteiger partial charge in [0.1, 0.15) is 11.9 Å². The molecule has 1 atom stereocenters. The SMILES string of the molecule is O=C(CN1CCCN(C(=O)c2ccccc2)CC1)N1CCOC(c2ccc(F)cc2)C1. The maximum absolute atomic E-state index is 13.2. The second-order valence-corrected chi connectivity index (χ2v) is 8.04. The van der Waals surface area contributed by atoms with E-state index in [2.05, 4.69) is 4.90 Å². The zero-order valence-electron chi connectivity index (χ0n) is 17.6. The van der Waals surface area contributed by atoms with Crippen molar-refractivity contribution >= 4 is 11.8 Å². The van der Waals surface area contributed by atoms with Crippen LogP contribution in [0.2, 0.25) is 0 Å². The van der Waals surface area contributed by atoms with Crippen LogP contribution in [0, 0.1) is 5.82 Å². The highest BCUT2D eigenvalue weighted by atomic mass is 19.1. The first kappa shape index (κ1) is 21.5. The standard InChI is InChI=1S/C24H28FN3O3/c25-21-9-7-19(8-10-21)22-17-28(15-16-31-22)23(29)18-26-11-4-12-27(14-13-26)24(30)20-5-2-1-3-6-20/h1-3,5-10,22H,4,11-18H2. The summed E-state index contributed by atoms with van der Waals surface area (Å²) in [6, 6.07) is 15.6. The van der Waals surface area contributed by atoms with Crippen molar-refractivity contribution in [1.29, 1.82) is 0 Å². The van der Waals surface area contributed by atoms with Gasteiger partial charge in [-0.25, -0.2) is 4.39 Å². The molecule has 0 aromatic heterocycles. The van der Waals surface area contributed by atoms with Gasteiger partial charge in [-0.3, -0.25) is 14.5 Å². The number of amides is 2. The molecule has 0 aliphatic carbocycles. The van der Waals surface area contributed by atoms with Gasteiger partial charge >= 0.3 is 0 Å². The molecule has 4 rings (SSSR count). The minimum absolute atomic E-state index is 0.0455. The first-order chi connectivity index (χ1) is 15.1. The highest BCUT2D eigenvalue weighted by Gasteiger charge is 2.27. The zero-order chi connectivity index (χ0) is 21.6. The molecule has 2 aromatic carbocycles. The van der Waals surface area contributed by atoms with Gasteiger partial charge < -0.3 is 14.5 Å². The maximum Gasteiger partial charge on any atom is 0.253 e. The van der Waals surface area contributed by atoms with Crippen LogP contribution in [0.4, 0.5) is 4.39 Å². The fourth-order valence-corrected chi connectivity index (χ4v) is 4.14. The van der Waals surface area contributed by atoms with Crippen LogP contribution in [0.15, 0.2) is 54.6 Å². The lowest BCUT2D eigenvalue weighted by molar-refractivity contribution is -0.140. The van der Waals surface area contributed by atoms with Crippen molar-refractivity contribution in [3.05, 3.63) is 71.5 Å². The lowest BCUT2D eigenvalue weighted by Gasteiger charge is -2.34. The van der Waals surface area contributed by atoms with Crippen LogP contribution in [0.25, 0.3) is 0 Å². The third kappa shape index (κ3) is 5.48. The summed E-state index contributed by atoms with van der Waals surface area (Å²) >= 11 is 0. The molecule has 0 spiro atoms. The summed E-state index contributed by atoms with van der Waals surface area (Å²) < 4.78 is 19.0. The van der Waals surface area contributed by atoms with Crippen molar-refractivity contribution in [1.82, 2.24) is 14.7 Å². The Hall–Kier alpha value is -2.77. The first-order valence-corrected chi connectivity index (χ1v) is 10.8. The van der Waals surface area contributed by atoms with Gasteiger partial charge in [-0.05, 0) is 36.2 Å². The molecule has 0 radical (unpaired) electrons. The molecule has 2 fully saturated rings. The Bertz CT molecular complexity index is 891. The van der Waals surface area contributed by atoms with Crippen LogP contribution in [0.5, 0.6) is 0 Å². The number of halogens is 1. The molecular weight excluding hydrogens is 397 g/mol. The van der Waals surface area contributed by atoms with Crippen LogP contribution in [0.3, 0.4) is 0 Å². The number of hydrogen-bond acceptors (Lipinski definition) is 4. The summed E-state index contributed by atoms with van der Waals surface area (Å²) in [4.78, 5) is 31.5. The summed E-state index contributed by atoms with van der Waals surface area (Å²) in [7, 11) is 0. The molecule has 2 saturated heterocycles. The molecular formula is C24H28FN3O3. The first-order valence-electron chi connectivity index (χ1n) is 10.8. The zero-order valence-corrected chi connectivity index (χ0v) is 17.6. The summed E-state index contributed by atoms with van der Waals surface area (Å²) in [5.74, 6) is -0.171. The molecule has 2 amide bonds. The third-order valence-electron chi connectivity index (χ3n) is 5.92. The van der Waals surface area contributed by atoms with E-state index in [1.807, 2.05) is 40.1 Å². The number of rotatable bonds is 4. The monoisotopic (exact) mass is 425 g/mol. The number of benzene rings is 2. The second-order valence-electron chi connectivity index (χ2n) is 8.04. The van der Waals surface area contributed by atoms with Crippen molar-refractivity contribution in [2.24, 2.45) is 0 Å². The highest BCUT2D eigenvalue weighted by molar-refractivity contribution is 5.94. The number of carbonyl (C=O) groups excluding carboxylic acids is 2. The molecule has 0 saturated carbocycles. The predicted octanol–water partition coefficient (Wildman–Crippen LogP) is 2.57. The molecule has 0 N–H and O–H groups in total. The van der Waals surface area contributed by atoms with E-state index < -0.39 is 0 Å². The smallest absolute Gasteiger partial charge is 0.253 e. The molecule has 2 aromatic rings. The Morgan fingerprint density at radius 1 is 0.903 bits per heavy atom. The van der Waals surface area contributed by atoms with Gasteiger partial charge in [-0.15, -0.1) is 0 Å². The quantitative estimate of drug-likeness (QED) is 0.756. The van der Waals surface area contributed by atoms with Gasteiger partial charge in [-0.1, -0.05) is 30.3 Å². The van der Waals surface area contributed by atoms with E-state index in [9.17, 15) is 14.0 Å². The van der Waals surface area contributed by atoms with Gasteiger partial charge in [0, 0.05) is 38.3 Å². The Morgan fingerprint density at radius 3 is 2.45 bits per heavy atom. The van der Waals surface area contributed by atoms with E-state index in [0.717, 1.165) is 18.5 Å². The Balaban J connectivity index is 1.30. The van der Waals surface area contributed by atoms with Gasteiger partial charge in [-0.2, -0.15) is 0 Å². The molecule has 2 aliphatic heterocycles. The fourth-order valence-electron chi connectivity index (χ4n) is 4.14. The predicted molar refractivity (Wildman–Crippen MR) is 115 cm³/mol. The average Bonchev–Trinajstić information content (AvgIpc) is 3.05. The molecule has 31 heavy (non-hydrogen) atoms. The minimum Gasteiger partial charge on any atom is -0.370 e. The van der Waals surface area contributed by atoms with E-state index in [1.165, 1.54) is 12.1 Å². The van der Waals surface area contributed by atoms with Crippen molar-refractivity contribution < 1.29 is 18.7 Å². The van der Waals surface area contributed by atoms with Crippen molar-refractivity contribution in [3.63, 3.8) is 0 Å². The number of carbonyl (C=O) groups is 2. The van der Waals surface area contributed by atoms with Crippen LogP contribution in [-0.2, 0) is 9.53 Å². The normalized spacial score (nSPS) is 20.4. The van der Waals surface area contributed by atoms with Gasteiger partial charge in [0.2, 0.25) is 5.91 Å². The highest BCUT2D eigenvalue weighted by Crippen LogP contribution is 2.22. The maximum atomic E-state index is 13.2. The Labute approximate surface area is 182 Å². The largest absolute Gasteiger partial charge is 0.370 e. The van der Waals surface area contributed by atoms with E-state index >= 15 is 0 Å². The summed E-state index contributed by atoms with van der Waals surface area (Å²) in [6.07, 6.45) is 0.606. The van der Waals surface area contributed by atoms with Crippen LogP contribution in [-0.4, -0.2) is 78.9 Å². The molecule has 2 aliphatic rings. The van der Waals surface area contributed by atoms with Gasteiger partial charge in [0.25, 0.3) is 5.91 Å². The van der Waals surface area contributed by atoms with Crippen LogP contribution < -0.4 is 0 Å². The Morgan fingerprint density at radius 2 is 1.68 bits per heavy atom. The molecule has 7 heteroatoms. The number of hydrogen-bond donors (Lipinski definition) is 0. The van der Waals surface area contributed by atoms with Crippen molar-refractivity contribution in [3.8, 4) is 0 Å². The average molecular weight is 426 g/mol. The number of ether oxygens (including phenoxy) is 1. The topological polar surface area (TPSA) is 53.1 Å². The third-order valence-corrected chi connectivity index (χ3v) is 5.92. The van der Waals surface area contributed by atoms with Crippen LogP contribution in [0.1, 0.15) is 28.4 Å². The molecule has 164 valence electrons. The van der Waals surface area contributed by atoms with E-state index in [4.69, 9.17) is 4.74 Å².